The number of rotatable bonds is 2. The summed E-state index contributed by atoms with van der Waals surface area (Å²) in [6, 6.07) is 6.84. The van der Waals surface area contributed by atoms with Gasteiger partial charge in [0.15, 0.2) is 0 Å². The quantitative estimate of drug-likeness (QED) is 0.828. The van der Waals surface area contributed by atoms with Crippen LogP contribution in [0.2, 0.25) is 0 Å². The van der Waals surface area contributed by atoms with Gasteiger partial charge < -0.3 is 5.11 Å². The number of hydrogen-bond donors (Lipinski definition) is 1. The highest BCUT2D eigenvalue weighted by atomic mass is 16.4. The number of aromatic carboxylic acids is 1. The van der Waals surface area contributed by atoms with Crippen molar-refractivity contribution in [2.45, 2.75) is 32.1 Å². The van der Waals surface area contributed by atoms with Crippen molar-refractivity contribution in [2.75, 3.05) is 0 Å². The monoisotopic (exact) mass is 256 g/mol. The highest BCUT2D eigenvalue weighted by Crippen LogP contribution is 2.19. The molecular weight excluding hydrogens is 240 g/mol. The Morgan fingerprint density at radius 2 is 2.11 bits per heavy atom. The van der Waals surface area contributed by atoms with Gasteiger partial charge in [-0.2, -0.15) is 0 Å². The topological polar surface area (TPSA) is 54.4 Å². The molecule has 3 nitrogen and oxygen atoms in total. The van der Waals surface area contributed by atoms with Crippen LogP contribution in [0.4, 0.5) is 0 Å². The summed E-state index contributed by atoms with van der Waals surface area (Å²) in [5.41, 5.74) is 0.984. The lowest BCUT2D eigenvalue weighted by molar-refractivity contribution is -0.122. The van der Waals surface area contributed by atoms with Crippen LogP contribution in [-0.2, 0) is 11.2 Å². The van der Waals surface area contributed by atoms with Gasteiger partial charge in [-0.3, -0.25) is 4.79 Å². The third-order valence-electron chi connectivity index (χ3n) is 3.36. The molecule has 1 aromatic carbocycles. The fraction of sp³-hybridized carbons (Fsp3) is 0.375. The van der Waals surface area contributed by atoms with Crippen LogP contribution in [0.3, 0.4) is 0 Å². The summed E-state index contributed by atoms with van der Waals surface area (Å²) in [5, 5.41) is 9.05. The molecule has 1 atom stereocenters. The van der Waals surface area contributed by atoms with Crippen LogP contribution < -0.4 is 0 Å². The molecule has 0 saturated heterocycles. The van der Waals surface area contributed by atoms with Gasteiger partial charge in [-0.05, 0) is 24.5 Å². The Hall–Kier alpha value is -2.08. The number of hydrogen-bond acceptors (Lipinski definition) is 2. The first-order chi connectivity index (χ1) is 9.18. The molecule has 2 rings (SSSR count). The van der Waals surface area contributed by atoms with Crippen LogP contribution in [0.15, 0.2) is 24.3 Å². The SMILES string of the molecule is O=C(O)c1ccccc1CC#CC1CCCCC1=O. The molecular formula is C16H16O3. The number of carboxylic acid groups (broad SMARTS) is 1. The van der Waals surface area contributed by atoms with Crippen LogP contribution in [0.1, 0.15) is 41.6 Å². The van der Waals surface area contributed by atoms with E-state index in [1.54, 1.807) is 24.3 Å². The normalized spacial score (nSPS) is 18.5. The Morgan fingerprint density at radius 1 is 1.32 bits per heavy atom. The van der Waals surface area contributed by atoms with Gasteiger partial charge in [0.05, 0.1) is 11.5 Å². The fourth-order valence-corrected chi connectivity index (χ4v) is 2.29. The standard InChI is InChI=1S/C16H16O3/c17-15-11-4-2-7-13(15)9-5-8-12-6-1-3-10-14(12)16(18)19/h1,3,6,10,13H,2,4,7-8,11H2,(H,18,19). The highest BCUT2D eigenvalue weighted by Gasteiger charge is 2.19. The van der Waals surface area contributed by atoms with Gasteiger partial charge in [-0.15, -0.1) is 0 Å². The lowest BCUT2D eigenvalue weighted by Crippen LogP contribution is -2.17. The van der Waals surface area contributed by atoms with Gasteiger partial charge in [-0.25, -0.2) is 4.79 Å². The second-order valence-electron chi connectivity index (χ2n) is 4.72. The summed E-state index contributed by atoms with van der Waals surface area (Å²) in [4.78, 5) is 22.7. The van der Waals surface area contributed by atoms with Crippen LogP contribution in [0, 0.1) is 17.8 Å². The number of carbonyl (C=O) groups excluding carboxylic acids is 1. The lowest BCUT2D eigenvalue weighted by atomic mass is 9.88. The fourth-order valence-electron chi connectivity index (χ4n) is 2.29. The number of benzene rings is 1. The van der Waals surface area contributed by atoms with Crippen LogP contribution in [0.25, 0.3) is 0 Å². The van der Waals surface area contributed by atoms with E-state index in [-0.39, 0.29) is 17.3 Å². The average molecular weight is 256 g/mol. The summed E-state index contributed by atoms with van der Waals surface area (Å²) in [6.45, 7) is 0. The molecule has 1 aliphatic rings. The first kappa shape index (κ1) is 13.4. The molecule has 0 heterocycles. The first-order valence-electron chi connectivity index (χ1n) is 6.51. The summed E-state index contributed by atoms with van der Waals surface area (Å²) in [5.74, 6) is 5.10. The zero-order valence-corrected chi connectivity index (χ0v) is 10.7. The highest BCUT2D eigenvalue weighted by molar-refractivity contribution is 5.89. The summed E-state index contributed by atoms with van der Waals surface area (Å²) >= 11 is 0. The van der Waals surface area contributed by atoms with E-state index in [0.29, 0.717) is 18.4 Å². The Kier molecular flexibility index (Phi) is 4.35. The van der Waals surface area contributed by atoms with E-state index in [0.717, 1.165) is 19.3 Å². The van der Waals surface area contributed by atoms with Crippen molar-refractivity contribution in [3.05, 3.63) is 35.4 Å². The molecule has 1 saturated carbocycles. The van der Waals surface area contributed by atoms with E-state index in [1.807, 2.05) is 0 Å². The molecule has 1 N–H and O–H groups in total. The number of carbonyl (C=O) groups is 2. The summed E-state index contributed by atoms with van der Waals surface area (Å²) in [6.07, 6.45) is 3.87. The van der Waals surface area contributed by atoms with Crippen molar-refractivity contribution in [1.82, 2.24) is 0 Å². The van der Waals surface area contributed by atoms with Crippen molar-refractivity contribution in [2.24, 2.45) is 5.92 Å². The second kappa shape index (κ2) is 6.19. The maximum atomic E-state index is 11.6. The van der Waals surface area contributed by atoms with E-state index < -0.39 is 5.97 Å². The lowest BCUT2D eigenvalue weighted by Gasteiger charge is -2.14. The average Bonchev–Trinajstić information content (AvgIpc) is 2.41. The molecule has 98 valence electrons. The predicted octanol–water partition coefficient (Wildman–Crippen LogP) is 2.69. The summed E-state index contributed by atoms with van der Waals surface area (Å²) < 4.78 is 0. The van der Waals surface area contributed by atoms with Gasteiger partial charge in [-0.1, -0.05) is 36.5 Å². The van der Waals surface area contributed by atoms with E-state index in [9.17, 15) is 9.59 Å². The Balaban J connectivity index is 2.07. The number of Topliss-reactive ketones (excluding diaryl/α,β-unsaturated/α-hetero) is 1. The molecule has 0 aromatic heterocycles. The molecule has 1 aromatic rings. The van der Waals surface area contributed by atoms with Gasteiger partial charge >= 0.3 is 5.97 Å². The van der Waals surface area contributed by atoms with Crippen LogP contribution in [-0.4, -0.2) is 16.9 Å². The Labute approximate surface area is 112 Å². The molecule has 1 fully saturated rings. The van der Waals surface area contributed by atoms with E-state index in [2.05, 4.69) is 11.8 Å². The summed E-state index contributed by atoms with van der Waals surface area (Å²) in [7, 11) is 0. The minimum Gasteiger partial charge on any atom is -0.478 e. The van der Waals surface area contributed by atoms with Gasteiger partial charge in [0.1, 0.15) is 5.78 Å². The molecule has 1 unspecified atom stereocenters. The maximum absolute atomic E-state index is 11.6. The minimum absolute atomic E-state index is 0.147. The number of ketones is 1. The molecule has 1 aliphatic carbocycles. The molecule has 3 heteroatoms. The second-order valence-corrected chi connectivity index (χ2v) is 4.72. The van der Waals surface area contributed by atoms with E-state index in [4.69, 9.17) is 5.11 Å². The molecule has 0 amide bonds. The van der Waals surface area contributed by atoms with Crippen LogP contribution >= 0.6 is 0 Å². The van der Waals surface area contributed by atoms with E-state index >= 15 is 0 Å². The van der Waals surface area contributed by atoms with Gasteiger partial charge in [0.2, 0.25) is 0 Å². The van der Waals surface area contributed by atoms with Crippen molar-refractivity contribution in [3.63, 3.8) is 0 Å². The molecule has 0 radical (unpaired) electrons. The third-order valence-corrected chi connectivity index (χ3v) is 3.36. The van der Waals surface area contributed by atoms with Gasteiger partial charge in [0, 0.05) is 12.8 Å². The van der Waals surface area contributed by atoms with Crippen LogP contribution in [0.5, 0.6) is 0 Å². The van der Waals surface area contributed by atoms with Gasteiger partial charge in [0.25, 0.3) is 0 Å². The van der Waals surface area contributed by atoms with Crippen molar-refractivity contribution >= 4 is 11.8 Å². The molecule has 0 spiro atoms. The van der Waals surface area contributed by atoms with Crippen molar-refractivity contribution in [1.29, 1.82) is 0 Å². The minimum atomic E-state index is -0.939. The largest absolute Gasteiger partial charge is 0.478 e. The van der Waals surface area contributed by atoms with Crippen molar-refractivity contribution < 1.29 is 14.7 Å². The smallest absolute Gasteiger partial charge is 0.335 e. The molecule has 0 bridgehead atoms. The Morgan fingerprint density at radius 3 is 2.84 bits per heavy atom. The van der Waals surface area contributed by atoms with E-state index in [1.165, 1.54) is 0 Å². The molecule has 0 aliphatic heterocycles. The maximum Gasteiger partial charge on any atom is 0.335 e. The third kappa shape index (κ3) is 3.45. The van der Waals surface area contributed by atoms with Crippen molar-refractivity contribution in [3.8, 4) is 11.8 Å². The predicted molar refractivity (Wildman–Crippen MR) is 71.8 cm³/mol. The number of carboxylic acids is 1. The molecule has 19 heavy (non-hydrogen) atoms. The Bertz CT molecular complexity index is 549. The zero-order valence-electron chi connectivity index (χ0n) is 10.7. The zero-order chi connectivity index (χ0) is 13.7. The first-order valence-corrected chi connectivity index (χ1v) is 6.51.